The molecule has 0 saturated carbocycles. The van der Waals surface area contributed by atoms with E-state index in [1.165, 1.54) is 6.07 Å². The lowest BCUT2D eigenvalue weighted by atomic mass is 9.98. The highest BCUT2D eigenvalue weighted by Crippen LogP contribution is 2.23. The molecule has 0 fully saturated rings. The molecular weight excluding hydrogens is 328 g/mol. The molecule has 2 aromatic carbocycles. The van der Waals surface area contributed by atoms with E-state index in [-0.39, 0.29) is 18.5 Å². The molecule has 0 N–H and O–H groups in total. The number of hydrogen-bond donors (Lipinski definition) is 0. The van der Waals surface area contributed by atoms with E-state index >= 15 is 0 Å². The highest BCUT2D eigenvalue weighted by Gasteiger charge is 2.14. The monoisotopic (exact) mass is 350 g/mol. The number of rotatable bonds is 5. The van der Waals surface area contributed by atoms with Crippen LogP contribution in [0.4, 0.5) is 0 Å². The smallest absolute Gasteiger partial charge is 0.336 e. The van der Waals surface area contributed by atoms with Crippen LogP contribution in [0.3, 0.4) is 0 Å². The number of hydrogen-bond acceptors (Lipinski definition) is 4. The lowest BCUT2D eigenvalue weighted by molar-refractivity contribution is -0.145. The minimum Gasteiger partial charge on any atom is -0.461 e. The second-order valence-corrected chi connectivity index (χ2v) is 6.70. The molecule has 0 aliphatic carbocycles. The summed E-state index contributed by atoms with van der Waals surface area (Å²) in [6, 6.07) is 15.1. The van der Waals surface area contributed by atoms with Gasteiger partial charge in [-0.15, -0.1) is 0 Å². The summed E-state index contributed by atoms with van der Waals surface area (Å²) in [4.78, 5) is 24.0. The summed E-state index contributed by atoms with van der Waals surface area (Å²) < 4.78 is 10.7. The number of ether oxygens (including phenoxy) is 1. The van der Waals surface area contributed by atoms with Crippen LogP contribution in [0.5, 0.6) is 0 Å². The highest BCUT2D eigenvalue weighted by atomic mass is 16.5. The Morgan fingerprint density at radius 3 is 2.50 bits per heavy atom. The number of aryl methyl sites for hydroxylation is 2. The minimum absolute atomic E-state index is 0.0605. The van der Waals surface area contributed by atoms with E-state index in [0.29, 0.717) is 17.6 Å². The third-order valence-corrected chi connectivity index (χ3v) is 4.67. The van der Waals surface area contributed by atoms with Gasteiger partial charge in [0.25, 0.3) is 0 Å². The van der Waals surface area contributed by atoms with E-state index in [2.05, 4.69) is 0 Å². The fourth-order valence-corrected chi connectivity index (χ4v) is 2.97. The zero-order valence-corrected chi connectivity index (χ0v) is 15.2. The zero-order valence-electron chi connectivity index (χ0n) is 15.2. The van der Waals surface area contributed by atoms with E-state index in [0.717, 1.165) is 22.1 Å². The lowest BCUT2D eigenvalue weighted by Crippen LogP contribution is -2.10. The molecule has 4 heteroatoms. The SMILES string of the molecule is Cc1cc2oc(=O)cc(COC(=O)C[C@@H](C)c3ccccc3)c2cc1C. The Morgan fingerprint density at radius 2 is 1.77 bits per heavy atom. The van der Waals surface area contributed by atoms with Crippen LogP contribution in [0.25, 0.3) is 11.0 Å². The first-order valence-electron chi connectivity index (χ1n) is 8.68. The van der Waals surface area contributed by atoms with E-state index in [1.807, 2.05) is 63.2 Å². The Bertz CT molecular complexity index is 986. The number of esters is 1. The Balaban J connectivity index is 1.74. The largest absolute Gasteiger partial charge is 0.461 e. The van der Waals surface area contributed by atoms with Crippen LogP contribution in [-0.2, 0) is 16.1 Å². The summed E-state index contributed by atoms with van der Waals surface area (Å²) >= 11 is 0. The van der Waals surface area contributed by atoms with Gasteiger partial charge in [-0.3, -0.25) is 4.79 Å². The van der Waals surface area contributed by atoms with Gasteiger partial charge in [-0.2, -0.15) is 0 Å². The molecule has 0 aliphatic rings. The van der Waals surface area contributed by atoms with Crippen LogP contribution >= 0.6 is 0 Å². The van der Waals surface area contributed by atoms with Gasteiger partial charge < -0.3 is 9.15 Å². The van der Waals surface area contributed by atoms with Crippen molar-refractivity contribution in [1.29, 1.82) is 0 Å². The maximum atomic E-state index is 12.2. The molecule has 0 amide bonds. The molecule has 0 radical (unpaired) electrons. The van der Waals surface area contributed by atoms with Crippen molar-refractivity contribution in [3.05, 3.63) is 81.2 Å². The molecular formula is C22H22O4. The Kier molecular flexibility index (Phi) is 5.21. The Hall–Kier alpha value is -2.88. The third kappa shape index (κ3) is 4.02. The Labute approximate surface area is 152 Å². The summed E-state index contributed by atoms with van der Waals surface area (Å²) in [6.07, 6.45) is 0.293. The van der Waals surface area contributed by atoms with Gasteiger partial charge in [0.15, 0.2) is 0 Å². The average molecular weight is 350 g/mol. The zero-order chi connectivity index (χ0) is 18.7. The average Bonchev–Trinajstić information content (AvgIpc) is 2.62. The maximum Gasteiger partial charge on any atom is 0.336 e. The number of benzene rings is 2. The lowest BCUT2D eigenvalue weighted by Gasteiger charge is -2.12. The molecule has 1 heterocycles. The molecule has 1 aromatic heterocycles. The summed E-state index contributed by atoms with van der Waals surface area (Å²) in [5.74, 6) is -0.210. The molecule has 0 aliphatic heterocycles. The third-order valence-electron chi connectivity index (χ3n) is 4.67. The Morgan fingerprint density at radius 1 is 1.08 bits per heavy atom. The van der Waals surface area contributed by atoms with Crippen molar-refractivity contribution in [3.8, 4) is 0 Å². The number of carbonyl (C=O) groups is 1. The van der Waals surface area contributed by atoms with Gasteiger partial charge in [0.05, 0.1) is 6.42 Å². The van der Waals surface area contributed by atoms with Gasteiger partial charge in [0.2, 0.25) is 0 Å². The van der Waals surface area contributed by atoms with Gasteiger partial charge in [0, 0.05) is 17.0 Å². The van der Waals surface area contributed by atoms with Crippen molar-refractivity contribution in [1.82, 2.24) is 0 Å². The molecule has 0 spiro atoms. The first kappa shape index (κ1) is 17.9. The van der Waals surface area contributed by atoms with Crippen LogP contribution in [0.1, 0.15) is 41.5 Å². The van der Waals surface area contributed by atoms with E-state index < -0.39 is 5.63 Å². The second kappa shape index (κ2) is 7.56. The molecule has 26 heavy (non-hydrogen) atoms. The van der Waals surface area contributed by atoms with E-state index in [1.54, 1.807) is 0 Å². The highest BCUT2D eigenvalue weighted by molar-refractivity contribution is 5.82. The fourth-order valence-electron chi connectivity index (χ4n) is 2.97. The van der Waals surface area contributed by atoms with Crippen molar-refractivity contribution < 1.29 is 13.9 Å². The summed E-state index contributed by atoms with van der Waals surface area (Å²) in [5.41, 5.74) is 3.98. The van der Waals surface area contributed by atoms with Crippen LogP contribution in [-0.4, -0.2) is 5.97 Å². The van der Waals surface area contributed by atoms with Crippen molar-refractivity contribution in [3.63, 3.8) is 0 Å². The van der Waals surface area contributed by atoms with Crippen LogP contribution in [0, 0.1) is 13.8 Å². The molecule has 4 nitrogen and oxygen atoms in total. The number of fused-ring (bicyclic) bond motifs is 1. The van der Waals surface area contributed by atoms with Crippen molar-refractivity contribution in [2.45, 2.75) is 39.7 Å². The van der Waals surface area contributed by atoms with Crippen molar-refractivity contribution >= 4 is 16.9 Å². The predicted octanol–water partition coefficient (Wildman–Crippen LogP) is 4.65. The van der Waals surface area contributed by atoms with Gasteiger partial charge >= 0.3 is 11.6 Å². The van der Waals surface area contributed by atoms with Gasteiger partial charge in [-0.1, -0.05) is 37.3 Å². The summed E-state index contributed by atoms with van der Waals surface area (Å²) in [6.45, 7) is 6.02. The standard InChI is InChI=1S/C22H22O4/c1-14-9-19-18(12-22(24)26-20(19)10-15(14)2)13-25-21(23)11-16(3)17-7-5-4-6-8-17/h4-10,12,16H,11,13H2,1-3H3/t16-/m1/s1. The molecule has 3 aromatic rings. The maximum absolute atomic E-state index is 12.2. The summed E-state index contributed by atoms with van der Waals surface area (Å²) in [5, 5.41) is 0.802. The second-order valence-electron chi connectivity index (χ2n) is 6.70. The quantitative estimate of drug-likeness (QED) is 0.496. The van der Waals surface area contributed by atoms with Crippen molar-refractivity contribution in [2.24, 2.45) is 0 Å². The molecule has 0 saturated heterocycles. The molecule has 134 valence electrons. The fraction of sp³-hybridized carbons (Fsp3) is 0.273. The molecule has 0 bridgehead atoms. The van der Waals surface area contributed by atoms with Crippen molar-refractivity contribution in [2.75, 3.05) is 0 Å². The molecule has 1 atom stereocenters. The first-order valence-corrected chi connectivity index (χ1v) is 8.68. The number of carbonyl (C=O) groups excluding carboxylic acids is 1. The van der Waals surface area contributed by atoms with E-state index in [9.17, 15) is 9.59 Å². The normalized spacial score (nSPS) is 12.1. The van der Waals surface area contributed by atoms with Gasteiger partial charge in [-0.25, -0.2) is 4.79 Å². The first-order chi connectivity index (χ1) is 12.4. The van der Waals surface area contributed by atoms with Gasteiger partial charge in [-0.05, 0) is 48.6 Å². The predicted molar refractivity (Wildman–Crippen MR) is 101 cm³/mol. The summed E-state index contributed by atoms with van der Waals surface area (Å²) in [7, 11) is 0. The van der Waals surface area contributed by atoms with Gasteiger partial charge in [0.1, 0.15) is 12.2 Å². The van der Waals surface area contributed by atoms with Crippen LogP contribution < -0.4 is 5.63 Å². The topological polar surface area (TPSA) is 56.5 Å². The minimum atomic E-state index is -0.440. The van der Waals surface area contributed by atoms with E-state index in [4.69, 9.17) is 9.15 Å². The van der Waals surface area contributed by atoms with Crippen LogP contribution in [0.15, 0.2) is 57.7 Å². The molecule has 0 unspecified atom stereocenters. The molecule has 3 rings (SSSR count). The van der Waals surface area contributed by atoms with Crippen LogP contribution in [0.2, 0.25) is 0 Å².